The number of aromatic amines is 1. The highest BCUT2D eigenvalue weighted by atomic mass is 14.9. The number of hydrogen-bond donors (Lipinski definition) is 1. The monoisotopic (exact) mass is 188 g/mol. The number of H-pyrrole nitrogens is 1. The number of hydrogen-bond acceptors (Lipinski definition) is 1. The SMILES string of the molecule is CCCCCc1cccc2[nH]cnc12. The molecule has 2 heteroatoms. The van der Waals surface area contributed by atoms with Crippen molar-refractivity contribution < 1.29 is 0 Å². The number of aryl methyl sites for hydroxylation is 1. The van der Waals surface area contributed by atoms with Crippen LogP contribution in [-0.4, -0.2) is 9.97 Å². The number of benzene rings is 1. The Morgan fingerprint density at radius 2 is 2.21 bits per heavy atom. The van der Waals surface area contributed by atoms with Crippen molar-refractivity contribution in [3.8, 4) is 0 Å². The summed E-state index contributed by atoms with van der Waals surface area (Å²) in [6.45, 7) is 2.23. The molecule has 0 aliphatic rings. The van der Waals surface area contributed by atoms with Crippen LogP contribution < -0.4 is 0 Å². The van der Waals surface area contributed by atoms with Gasteiger partial charge in [-0.15, -0.1) is 0 Å². The highest BCUT2D eigenvalue weighted by molar-refractivity contribution is 5.78. The lowest BCUT2D eigenvalue weighted by atomic mass is 10.1. The molecule has 0 saturated carbocycles. The first kappa shape index (κ1) is 9.25. The summed E-state index contributed by atoms with van der Waals surface area (Å²) in [5.41, 5.74) is 3.67. The highest BCUT2D eigenvalue weighted by Gasteiger charge is 2.01. The van der Waals surface area contributed by atoms with Gasteiger partial charge in [0, 0.05) is 0 Å². The fourth-order valence-electron chi connectivity index (χ4n) is 1.79. The van der Waals surface area contributed by atoms with Crippen molar-refractivity contribution in [2.75, 3.05) is 0 Å². The number of unbranched alkanes of at least 4 members (excludes halogenated alkanes) is 2. The van der Waals surface area contributed by atoms with Crippen LogP contribution in [0, 0.1) is 0 Å². The van der Waals surface area contributed by atoms with Gasteiger partial charge in [-0.1, -0.05) is 31.9 Å². The molecule has 2 nitrogen and oxygen atoms in total. The zero-order valence-electron chi connectivity index (χ0n) is 8.59. The van der Waals surface area contributed by atoms with Gasteiger partial charge in [-0.25, -0.2) is 4.98 Å². The summed E-state index contributed by atoms with van der Waals surface area (Å²) in [6, 6.07) is 6.35. The van der Waals surface area contributed by atoms with E-state index >= 15 is 0 Å². The van der Waals surface area contributed by atoms with Crippen LogP contribution in [0.2, 0.25) is 0 Å². The first-order chi connectivity index (χ1) is 6.92. The third-order valence-corrected chi connectivity index (χ3v) is 2.58. The van der Waals surface area contributed by atoms with Crippen LogP contribution in [0.3, 0.4) is 0 Å². The number of aromatic nitrogens is 2. The zero-order chi connectivity index (χ0) is 9.80. The number of fused-ring (bicyclic) bond motifs is 1. The van der Waals surface area contributed by atoms with Crippen LogP contribution in [0.25, 0.3) is 11.0 Å². The summed E-state index contributed by atoms with van der Waals surface area (Å²) in [5.74, 6) is 0. The van der Waals surface area contributed by atoms with Crippen molar-refractivity contribution in [2.45, 2.75) is 32.6 Å². The summed E-state index contributed by atoms with van der Waals surface area (Å²) in [6.07, 6.45) is 6.77. The summed E-state index contributed by atoms with van der Waals surface area (Å²) in [4.78, 5) is 7.48. The normalized spacial score (nSPS) is 10.9. The molecule has 74 valence electrons. The largest absolute Gasteiger partial charge is 0.345 e. The average Bonchev–Trinajstić information content (AvgIpc) is 2.67. The lowest BCUT2D eigenvalue weighted by molar-refractivity contribution is 0.719. The number of rotatable bonds is 4. The van der Waals surface area contributed by atoms with Crippen LogP contribution in [0.4, 0.5) is 0 Å². The van der Waals surface area contributed by atoms with E-state index in [-0.39, 0.29) is 0 Å². The molecule has 14 heavy (non-hydrogen) atoms. The molecule has 0 atom stereocenters. The van der Waals surface area contributed by atoms with E-state index in [9.17, 15) is 0 Å². The molecule has 0 saturated heterocycles. The van der Waals surface area contributed by atoms with Gasteiger partial charge in [-0.05, 0) is 24.5 Å². The number of imidazole rings is 1. The van der Waals surface area contributed by atoms with Crippen molar-refractivity contribution in [1.29, 1.82) is 0 Å². The molecule has 0 amide bonds. The van der Waals surface area contributed by atoms with E-state index in [2.05, 4.69) is 35.1 Å². The van der Waals surface area contributed by atoms with Gasteiger partial charge in [0.1, 0.15) is 0 Å². The minimum absolute atomic E-state index is 1.14. The van der Waals surface area contributed by atoms with Crippen molar-refractivity contribution in [1.82, 2.24) is 9.97 Å². The van der Waals surface area contributed by atoms with E-state index in [1.807, 2.05) is 0 Å². The lowest BCUT2D eigenvalue weighted by Crippen LogP contribution is -1.87. The van der Waals surface area contributed by atoms with Gasteiger partial charge in [-0.3, -0.25) is 0 Å². The Morgan fingerprint density at radius 3 is 3.07 bits per heavy atom. The summed E-state index contributed by atoms with van der Waals surface area (Å²) < 4.78 is 0. The Labute approximate surface area is 84.4 Å². The Balaban J connectivity index is 2.19. The number of para-hydroxylation sites is 1. The molecule has 0 bridgehead atoms. The van der Waals surface area contributed by atoms with Gasteiger partial charge in [0.05, 0.1) is 17.4 Å². The fraction of sp³-hybridized carbons (Fsp3) is 0.417. The highest BCUT2D eigenvalue weighted by Crippen LogP contribution is 2.16. The van der Waals surface area contributed by atoms with E-state index in [1.54, 1.807) is 6.33 Å². The molecule has 2 rings (SSSR count). The van der Waals surface area contributed by atoms with E-state index < -0.39 is 0 Å². The third kappa shape index (κ3) is 1.79. The molecule has 2 aromatic rings. The van der Waals surface area contributed by atoms with Crippen LogP contribution in [-0.2, 0) is 6.42 Å². The van der Waals surface area contributed by atoms with E-state index in [0.717, 1.165) is 17.5 Å². The van der Waals surface area contributed by atoms with Crippen molar-refractivity contribution in [3.05, 3.63) is 30.1 Å². The first-order valence-electron chi connectivity index (χ1n) is 5.33. The second-order valence-electron chi connectivity index (χ2n) is 3.67. The Bertz CT molecular complexity index is 403. The molecule has 0 fully saturated rings. The second kappa shape index (κ2) is 4.27. The van der Waals surface area contributed by atoms with Crippen LogP contribution >= 0.6 is 0 Å². The molecule has 1 N–H and O–H groups in total. The molecule has 1 heterocycles. The zero-order valence-corrected chi connectivity index (χ0v) is 8.59. The molecule has 0 aliphatic carbocycles. The van der Waals surface area contributed by atoms with Gasteiger partial charge in [-0.2, -0.15) is 0 Å². The first-order valence-corrected chi connectivity index (χ1v) is 5.33. The predicted octanol–water partition coefficient (Wildman–Crippen LogP) is 3.30. The second-order valence-corrected chi connectivity index (χ2v) is 3.67. The smallest absolute Gasteiger partial charge is 0.0931 e. The van der Waals surface area contributed by atoms with Crippen LogP contribution in [0.1, 0.15) is 31.7 Å². The van der Waals surface area contributed by atoms with Gasteiger partial charge < -0.3 is 4.98 Å². The van der Waals surface area contributed by atoms with E-state index in [0.29, 0.717) is 0 Å². The molecule has 0 aliphatic heterocycles. The lowest BCUT2D eigenvalue weighted by Gasteiger charge is -2.01. The van der Waals surface area contributed by atoms with Crippen LogP contribution in [0.5, 0.6) is 0 Å². The number of nitrogens with one attached hydrogen (secondary N) is 1. The van der Waals surface area contributed by atoms with Crippen molar-refractivity contribution in [2.24, 2.45) is 0 Å². The topological polar surface area (TPSA) is 28.7 Å². The summed E-state index contributed by atoms with van der Waals surface area (Å²) >= 11 is 0. The maximum absolute atomic E-state index is 4.34. The fourth-order valence-corrected chi connectivity index (χ4v) is 1.79. The molecule has 1 aromatic carbocycles. The minimum atomic E-state index is 1.14. The molecule has 1 aromatic heterocycles. The summed E-state index contributed by atoms with van der Waals surface area (Å²) in [5, 5.41) is 0. The standard InChI is InChI=1S/C12H16N2/c1-2-3-4-6-10-7-5-8-11-12(10)14-9-13-11/h5,7-9H,2-4,6H2,1H3,(H,13,14). The van der Waals surface area contributed by atoms with E-state index in [4.69, 9.17) is 0 Å². The van der Waals surface area contributed by atoms with Crippen LogP contribution in [0.15, 0.2) is 24.5 Å². The molecular formula is C12H16N2. The molecule has 0 radical (unpaired) electrons. The molecular weight excluding hydrogens is 172 g/mol. The summed E-state index contributed by atoms with van der Waals surface area (Å²) in [7, 11) is 0. The van der Waals surface area contributed by atoms with Gasteiger partial charge in [0.2, 0.25) is 0 Å². The molecule has 0 spiro atoms. The Morgan fingerprint density at radius 1 is 1.29 bits per heavy atom. The van der Waals surface area contributed by atoms with E-state index in [1.165, 1.54) is 24.8 Å². The Hall–Kier alpha value is -1.31. The van der Waals surface area contributed by atoms with Crippen molar-refractivity contribution in [3.63, 3.8) is 0 Å². The maximum Gasteiger partial charge on any atom is 0.0931 e. The van der Waals surface area contributed by atoms with Gasteiger partial charge in [0.15, 0.2) is 0 Å². The quantitative estimate of drug-likeness (QED) is 0.733. The van der Waals surface area contributed by atoms with Gasteiger partial charge >= 0.3 is 0 Å². The number of nitrogens with zero attached hydrogens (tertiary/aromatic N) is 1. The average molecular weight is 188 g/mol. The van der Waals surface area contributed by atoms with Gasteiger partial charge in [0.25, 0.3) is 0 Å². The maximum atomic E-state index is 4.34. The molecule has 0 unspecified atom stereocenters. The Kier molecular flexibility index (Phi) is 2.82. The van der Waals surface area contributed by atoms with Crippen molar-refractivity contribution >= 4 is 11.0 Å². The minimum Gasteiger partial charge on any atom is -0.345 e. The predicted molar refractivity (Wildman–Crippen MR) is 59.3 cm³/mol. The third-order valence-electron chi connectivity index (χ3n) is 2.58.